The summed E-state index contributed by atoms with van der Waals surface area (Å²) >= 11 is 0. The maximum Gasteiger partial charge on any atom is 0.255 e. The highest BCUT2D eigenvalue weighted by molar-refractivity contribution is 5.73. The van der Waals surface area contributed by atoms with Gasteiger partial charge in [0.15, 0.2) is 0 Å². The van der Waals surface area contributed by atoms with Crippen molar-refractivity contribution in [2.45, 2.75) is 13.0 Å². The van der Waals surface area contributed by atoms with Gasteiger partial charge in [0.05, 0.1) is 18.1 Å². The fourth-order valence-corrected chi connectivity index (χ4v) is 0.760. The number of aliphatic carboxylic acids is 1. The Hall–Kier alpha value is -1.92. The Bertz CT molecular complexity index is 403. The van der Waals surface area contributed by atoms with Crippen LogP contribution in [-0.4, -0.2) is 22.0 Å². The highest BCUT2D eigenvalue weighted by atomic mass is 19.1. The molecule has 14 heavy (non-hydrogen) atoms. The molecule has 7 heteroatoms. The number of nitrogens with zero attached hydrogens (tertiary/aromatic N) is 1. The number of nitrogens with one attached hydrogen (secondary N) is 2. The van der Waals surface area contributed by atoms with Crippen LogP contribution in [0.4, 0.5) is 10.3 Å². The van der Waals surface area contributed by atoms with E-state index in [1.165, 1.54) is 6.92 Å². The van der Waals surface area contributed by atoms with Gasteiger partial charge < -0.3 is 15.2 Å². The molecule has 2 N–H and O–H groups in total. The second-order valence-corrected chi connectivity index (χ2v) is 2.60. The van der Waals surface area contributed by atoms with Gasteiger partial charge in [-0.1, -0.05) is 0 Å². The molecule has 0 aliphatic heterocycles. The smallest absolute Gasteiger partial charge is 0.255 e. The normalized spacial score (nSPS) is 12.1. The van der Waals surface area contributed by atoms with E-state index in [2.05, 4.69) is 15.3 Å². The zero-order valence-corrected chi connectivity index (χ0v) is 7.20. The third-order valence-corrected chi connectivity index (χ3v) is 1.42. The molecule has 1 atom stereocenters. The highest BCUT2D eigenvalue weighted by Crippen LogP contribution is 1.97. The van der Waals surface area contributed by atoms with Crippen LogP contribution in [0.25, 0.3) is 0 Å². The maximum absolute atomic E-state index is 12.5. The SMILES string of the molecule is C[C@@H](Nc1nc(F)cc(=O)[nH]1)C(=O)[O-]. The molecule has 6 nitrogen and oxygen atoms in total. The number of carboxylic acid groups (broad SMARTS) is 1. The van der Waals surface area contributed by atoms with Crippen molar-refractivity contribution in [2.24, 2.45) is 0 Å². The Morgan fingerprint density at radius 2 is 2.43 bits per heavy atom. The van der Waals surface area contributed by atoms with Crippen LogP contribution < -0.4 is 16.0 Å². The molecule has 0 spiro atoms. The van der Waals surface area contributed by atoms with Gasteiger partial charge in [-0.05, 0) is 6.92 Å². The standard InChI is InChI=1S/C7H8FN3O3/c1-3(6(13)14)9-7-10-4(8)2-5(12)11-7/h2-3H,1H3,(H,13,14)(H2,9,10,11,12)/p-1/t3-/m1/s1. The van der Waals surface area contributed by atoms with Crippen molar-refractivity contribution in [1.29, 1.82) is 0 Å². The Balaban J connectivity index is 2.87. The summed E-state index contributed by atoms with van der Waals surface area (Å²) in [5.74, 6) is -2.61. The number of aromatic nitrogens is 2. The number of carbonyl (C=O) groups excluding carboxylic acids is 1. The lowest BCUT2D eigenvalue weighted by atomic mass is 10.3. The van der Waals surface area contributed by atoms with Crippen LogP contribution in [0.3, 0.4) is 0 Å². The molecule has 0 fully saturated rings. The number of anilines is 1. The lowest BCUT2D eigenvalue weighted by Gasteiger charge is -2.14. The largest absolute Gasteiger partial charge is 0.548 e. The summed E-state index contributed by atoms with van der Waals surface area (Å²) in [6.07, 6.45) is 0. The molecule has 0 unspecified atom stereocenters. The van der Waals surface area contributed by atoms with Gasteiger partial charge in [-0.3, -0.25) is 9.78 Å². The molecule has 1 heterocycles. The van der Waals surface area contributed by atoms with Crippen LogP contribution in [-0.2, 0) is 4.79 Å². The Kier molecular flexibility index (Phi) is 2.80. The Labute approximate surface area is 77.8 Å². The molecule has 0 saturated heterocycles. The molecule has 0 bridgehead atoms. The lowest BCUT2D eigenvalue weighted by Crippen LogP contribution is -2.39. The van der Waals surface area contributed by atoms with Gasteiger partial charge in [0.1, 0.15) is 0 Å². The van der Waals surface area contributed by atoms with E-state index in [9.17, 15) is 19.1 Å². The first-order chi connectivity index (χ1) is 6.49. The zero-order chi connectivity index (χ0) is 10.7. The van der Waals surface area contributed by atoms with E-state index in [4.69, 9.17) is 0 Å². The van der Waals surface area contributed by atoms with Crippen molar-refractivity contribution < 1.29 is 14.3 Å². The number of halogens is 1. The van der Waals surface area contributed by atoms with Gasteiger partial charge in [0.25, 0.3) is 5.56 Å². The van der Waals surface area contributed by atoms with Crippen LogP contribution >= 0.6 is 0 Å². The van der Waals surface area contributed by atoms with E-state index >= 15 is 0 Å². The number of hydrogen-bond acceptors (Lipinski definition) is 5. The molecule has 0 aromatic carbocycles. The van der Waals surface area contributed by atoms with Crippen LogP contribution in [0.15, 0.2) is 10.9 Å². The van der Waals surface area contributed by atoms with Crippen LogP contribution in [0.1, 0.15) is 6.92 Å². The lowest BCUT2D eigenvalue weighted by molar-refractivity contribution is -0.306. The van der Waals surface area contributed by atoms with Crippen molar-refractivity contribution in [1.82, 2.24) is 9.97 Å². The van der Waals surface area contributed by atoms with Crippen molar-refractivity contribution in [3.8, 4) is 0 Å². The molecule has 0 saturated carbocycles. The van der Waals surface area contributed by atoms with Gasteiger partial charge in [-0.15, -0.1) is 0 Å². The van der Waals surface area contributed by atoms with E-state index in [1.807, 2.05) is 0 Å². The fraction of sp³-hybridized carbons (Fsp3) is 0.286. The number of aromatic amines is 1. The van der Waals surface area contributed by atoms with Crippen LogP contribution in [0.2, 0.25) is 0 Å². The van der Waals surface area contributed by atoms with Gasteiger partial charge >= 0.3 is 0 Å². The van der Waals surface area contributed by atoms with E-state index in [-0.39, 0.29) is 5.95 Å². The quantitative estimate of drug-likeness (QED) is 0.576. The highest BCUT2D eigenvalue weighted by Gasteiger charge is 2.05. The summed E-state index contributed by atoms with van der Waals surface area (Å²) in [4.78, 5) is 26.4. The minimum Gasteiger partial charge on any atom is -0.548 e. The average molecular weight is 200 g/mol. The van der Waals surface area contributed by atoms with Gasteiger partial charge in [-0.25, -0.2) is 0 Å². The molecule has 0 amide bonds. The third kappa shape index (κ3) is 2.54. The first-order valence-electron chi connectivity index (χ1n) is 3.73. The van der Waals surface area contributed by atoms with Gasteiger partial charge in [0.2, 0.25) is 11.9 Å². The summed E-state index contributed by atoms with van der Waals surface area (Å²) in [5.41, 5.74) is -0.703. The van der Waals surface area contributed by atoms with E-state index in [0.717, 1.165) is 0 Å². The molecule has 76 valence electrons. The monoisotopic (exact) mass is 200 g/mol. The van der Waals surface area contributed by atoms with E-state index in [1.54, 1.807) is 0 Å². The second-order valence-electron chi connectivity index (χ2n) is 2.60. The van der Waals surface area contributed by atoms with Gasteiger partial charge in [-0.2, -0.15) is 9.37 Å². The molecular weight excluding hydrogens is 193 g/mol. The number of carboxylic acids is 1. The minimum absolute atomic E-state index is 0.244. The van der Waals surface area contributed by atoms with Crippen molar-refractivity contribution in [2.75, 3.05) is 5.32 Å². The predicted octanol–water partition coefficient (Wildman–Crippen LogP) is -1.54. The molecule has 0 aliphatic carbocycles. The molecule has 1 aromatic heterocycles. The van der Waals surface area contributed by atoms with Crippen LogP contribution in [0.5, 0.6) is 0 Å². The maximum atomic E-state index is 12.5. The number of carbonyl (C=O) groups is 1. The topological polar surface area (TPSA) is 97.9 Å². The molecule has 0 radical (unpaired) electrons. The molecule has 1 aromatic rings. The summed E-state index contributed by atoms with van der Waals surface area (Å²) < 4.78 is 12.5. The van der Waals surface area contributed by atoms with Crippen molar-refractivity contribution in [3.63, 3.8) is 0 Å². The Morgan fingerprint density at radius 3 is 2.93 bits per heavy atom. The number of rotatable bonds is 3. The second kappa shape index (κ2) is 3.86. The van der Waals surface area contributed by atoms with E-state index in [0.29, 0.717) is 6.07 Å². The first kappa shape index (κ1) is 10.2. The summed E-state index contributed by atoms with van der Waals surface area (Å²) in [5, 5.41) is 12.5. The number of hydrogen-bond donors (Lipinski definition) is 2. The average Bonchev–Trinajstić information content (AvgIpc) is 2.01. The summed E-state index contributed by atoms with van der Waals surface area (Å²) in [7, 11) is 0. The van der Waals surface area contributed by atoms with Crippen molar-refractivity contribution >= 4 is 11.9 Å². The molecule has 1 rings (SSSR count). The fourth-order valence-electron chi connectivity index (χ4n) is 0.760. The predicted molar refractivity (Wildman–Crippen MR) is 42.9 cm³/mol. The van der Waals surface area contributed by atoms with Crippen LogP contribution in [0, 0.1) is 5.95 Å². The third-order valence-electron chi connectivity index (χ3n) is 1.42. The van der Waals surface area contributed by atoms with Gasteiger partial charge in [0, 0.05) is 0 Å². The molecular formula is C7H7FN3O3-. The molecule has 0 aliphatic rings. The summed E-state index contributed by atoms with van der Waals surface area (Å²) in [6.45, 7) is 1.28. The number of H-pyrrole nitrogens is 1. The first-order valence-corrected chi connectivity index (χ1v) is 3.73. The van der Waals surface area contributed by atoms with Crippen molar-refractivity contribution in [3.05, 3.63) is 22.4 Å². The Morgan fingerprint density at radius 1 is 1.79 bits per heavy atom. The zero-order valence-electron chi connectivity index (χ0n) is 7.20. The minimum atomic E-state index is -1.38. The van der Waals surface area contributed by atoms with E-state index < -0.39 is 23.5 Å². The summed E-state index contributed by atoms with van der Waals surface area (Å²) in [6, 6.07) is -0.422.